The molecule has 1 aromatic carbocycles. The summed E-state index contributed by atoms with van der Waals surface area (Å²) in [7, 11) is 0. The second-order valence-corrected chi connectivity index (χ2v) is 5.49. The second-order valence-electron chi connectivity index (χ2n) is 5.49. The van der Waals surface area contributed by atoms with E-state index in [1.54, 1.807) is 0 Å². The number of carbonyl (C=O) groups excluding carboxylic acids is 1. The molecule has 1 rings (SSSR count). The number of amides is 1. The van der Waals surface area contributed by atoms with Crippen LogP contribution in [0.4, 0.5) is 0 Å². The SMILES string of the molecule is CCC(CC(=O)NCC(C)(C)N)c1ccccc1.Cl. The van der Waals surface area contributed by atoms with Crippen LogP contribution in [0, 0.1) is 0 Å². The minimum Gasteiger partial charge on any atom is -0.354 e. The Hall–Kier alpha value is -1.06. The maximum atomic E-state index is 11.9. The van der Waals surface area contributed by atoms with E-state index in [4.69, 9.17) is 5.73 Å². The Bertz CT molecular complexity index is 373. The highest BCUT2D eigenvalue weighted by molar-refractivity contribution is 5.85. The molecule has 1 unspecified atom stereocenters. The Kier molecular flexibility index (Phi) is 7.72. The van der Waals surface area contributed by atoms with Crippen molar-refractivity contribution in [1.82, 2.24) is 5.32 Å². The van der Waals surface area contributed by atoms with Crippen molar-refractivity contribution in [3.8, 4) is 0 Å². The largest absolute Gasteiger partial charge is 0.354 e. The lowest BCUT2D eigenvalue weighted by molar-refractivity contribution is -0.121. The third-order valence-corrected chi connectivity index (χ3v) is 2.94. The molecule has 0 spiro atoms. The van der Waals surface area contributed by atoms with Gasteiger partial charge in [0.25, 0.3) is 0 Å². The van der Waals surface area contributed by atoms with Gasteiger partial charge in [0.15, 0.2) is 0 Å². The fourth-order valence-corrected chi connectivity index (χ4v) is 1.85. The Labute approximate surface area is 122 Å². The molecule has 3 nitrogen and oxygen atoms in total. The number of halogens is 1. The summed E-state index contributed by atoms with van der Waals surface area (Å²) in [4.78, 5) is 11.9. The molecule has 0 heterocycles. The van der Waals surface area contributed by atoms with Gasteiger partial charge in [-0.1, -0.05) is 37.3 Å². The summed E-state index contributed by atoms with van der Waals surface area (Å²) in [6.45, 7) is 6.43. The highest BCUT2D eigenvalue weighted by Crippen LogP contribution is 2.22. The third-order valence-electron chi connectivity index (χ3n) is 2.94. The number of nitrogens with one attached hydrogen (secondary N) is 1. The Balaban J connectivity index is 0.00000324. The molecule has 19 heavy (non-hydrogen) atoms. The van der Waals surface area contributed by atoms with Crippen LogP contribution >= 0.6 is 12.4 Å². The normalized spacial score (nSPS) is 12.4. The Morgan fingerprint density at radius 2 is 1.89 bits per heavy atom. The van der Waals surface area contributed by atoms with Crippen LogP contribution in [0.3, 0.4) is 0 Å². The molecular formula is C15H25ClN2O. The average Bonchev–Trinajstić information content (AvgIpc) is 2.33. The van der Waals surface area contributed by atoms with Gasteiger partial charge in [0.05, 0.1) is 0 Å². The first kappa shape index (κ1) is 17.9. The molecule has 3 N–H and O–H groups in total. The van der Waals surface area contributed by atoms with E-state index in [1.165, 1.54) is 5.56 Å². The average molecular weight is 285 g/mol. The maximum Gasteiger partial charge on any atom is 0.220 e. The number of carbonyl (C=O) groups is 1. The zero-order chi connectivity index (χ0) is 13.6. The molecule has 0 aromatic heterocycles. The van der Waals surface area contributed by atoms with Gasteiger partial charge >= 0.3 is 0 Å². The van der Waals surface area contributed by atoms with Crippen molar-refractivity contribution >= 4 is 18.3 Å². The van der Waals surface area contributed by atoms with Gasteiger partial charge in [-0.05, 0) is 31.7 Å². The zero-order valence-electron chi connectivity index (χ0n) is 12.0. The molecule has 108 valence electrons. The van der Waals surface area contributed by atoms with Crippen molar-refractivity contribution in [2.24, 2.45) is 5.73 Å². The van der Waals surface area contributed by atoms with Gasteiger partial charge in [-0.2, -0.15) is 0 Å². The van der Waals surface area contributed by atoms with E-state index >= 15 is 0 Å². The summed E-state index contributed by atoms with van der Waals surface area (Å²) < 4.78 is 0. The predicted molar refractivity (Wildman–Crippen MR) is 82.6 cm³/mol. The first-order valence-corrected chi connectivity index (χ1v) is 6.53. The van der Waals surface area contributed by atoms with Gasteiger partial charge in [-0.15, -0.1) is 12.4 Å². The van der Waals surface area contributed by atoms with Crippen LogP contribution in [-0.4, -0.2) is 18.0 Å². The molecule has 0 aliphatic carbocycles. The van der Waals surface area contributed by atoms with Gasteiger partial charge in [-0.3, -0.25) is 4.79 Å². The minimum absolute atomic E-state index is 0. The van der Waals surface area contributed by atoms with E-state index in [0.717, 1.165) is 6.42 Å². The lowest BCUT2D eigenvalue weighted by atomic mass is 9.93. The molecule has 0 radical (unpaired) electrons. The molecule has 0 saturated carbocycles. The topological polar surface area (TPSA) is 55.1 Å². The van der Waals surface area contributed by atoms with Crippen LogP contribution in [0.1, 0.15) is 45.1 Å². The van der Waals surface area contributed by atoms with Crippen molar-refractivity contribution in [2.75, 3.05) is 6.54 Å². The summed E-state index contributed by atoms with van der Waals surface area (Å²) in [6, 6.07) is 10.2. The number of hydrogen-bond acceptors (Lipinski definition) is 2. The first-order valence-electron chi connectivity index (χ1n) is 6.53. The van der Waals surface area contributed by atoms with Crippen molar-refractivity contribution in [3.63, 3.8) is 0 Å². The maximum absolute atomic E-state index is 11.9. The summed E-state index contributed by atoms with van der Waals surface area (Å²) in [5.74, 6) is 0.358. The predicted octanol–water partition coefficient (Wildman–Crippen LogP) is 2.85. The molecule has 4 heteroatoms. The smallest absolute Gasteiger partial charge is 0.220 e. The van der Waals surface area contributed by atoms with Crippen molar-refractivity contribution in [2.45, 2.75) is 45.1 Å². The summed E-state index contributed by atoms with van der Waals surface area (Å²) in [5, 5.41) is 2.89. The van der Waals surface area contributed by atoms with Gasteiger partial charge in [0.1, 0.15) is 0 Å². The van der Waals surface area contributed by atoms with E-state index in [-0.39, 0.29) is 29.8 Å². The zero-order valence-corrected chi connectivity index (χ0v) is 12.8. The van der Waals surface area contributed by atoms with Gasteiger partial charge in [0.2, 0.25) is 5.91 Å². The lowest BCUT2D eigenvalue weighted by Gasteiger charge is -2.20. The fourth-order valence-electron chi connectivity index (χ4n) is 1.85. The molecule has 1 atom stereocenters. The van der Waals surface area contributed by atoms with Crippen molar-refractivity contribution in [3.05, 3.63) is 35.9 Å². The highest BCUT2D eigenvalue weighted by atomic mass is 35.5. The monoisotopic (exact) mass is 284 g/mol. The summed E-state index contributed by atoms with van der Waals surface area (Å²) >= 11 is 0. The van der Waals surface area contributed by atoms with E-state index in [0.29, 0.717) is 13.0 Å². The van der Waals surface area contributed by atoms with Crippen LogP contribution < -0.4 is 11.1 Å². The van der Waals surface area contributed by atoms with Crippen LogP contribution in [0.15, 0.2) is 30.3 Å². The molecule has 0 fully saturated rings. The molecule has 1 aromatic rings. The molecular weight excluding hydrogens is 260 g/mol. The quantitative estimate of drug-likeness (QED) is 0.844. The Morgan fingerprint density at radius 1 is 1.32 bits per heavy atom. The third kappa shape index (κ3) is 7.19. The number of rotatable bonds is 6. The van der Waals surface area contributed by atoms with Crippen LogP contribution in [0.5, 0.6) is 0 Å². The van der Waals surface area contributed by atoms with Crippen LogP contribution in [-0.2, 0) is 4.79 Å². The summed E-state index contributed by atoms with van der Waals surface area (Å²) in [6.07, 6.45) is 1.49. The van der Waals surface area contributed by atoms with Crippen LogP contribution in [0.25, 0.3) is 0 Å². The van der Waals surface area contributed by atoms with E-state index in [1.807, 2.05) is 32.0 Å². The van der Waals surface area contributed by atoms with Gasteiger partial charge in [-0.25, -0.2) is 0 Å². The Morgan fingerprint density at radius 3 is 2.37 bits per heavy atom. The molecule has 0 aliphatic rings. The first-order chi connectivity index (χ1) is 8.42. The van der Waals surface area contributed by atoms with Gasteiger partial charge < -0.3 is 11.1 Å². The lowest BCUT2D eigenvalue weighted by Crippen LogP contribution is -2.45. The van der Waals surface area contributed by atoms with Crippen molar-refractivity contribution in [1.29, 1.82) is 0 Å². The van der Waals surface area contributed by atoms with Crippen molar-refractivity contribution < 1.29 is 4.79 Å². The number of benzene rings is 1. The highest BCUT2D eigenvalue weighted by Gasteiger charge is 2.16. The van der Waals surface area contributed by atoms with Gasteiger partial charge in [0, 0.05) is 18.5 Å². The molecule has 0 aliphatic heterocycles. The van der Waals surface area contributed by atoms with Crippen LogP contribution in [0.2, 0.25) is 0 Å². The molecule has 0 bridgehead atoms. The van der Waals surface area contributed by atoms with E-state index in [9.17, 15) is 4.79 Å². The van der Waals surface area contributed by atoms with E-state index in [2.05, 4.69) is 24.4 Å². The molecule has 0 saturated heterocycles. The number of hydrogen-bond donors (Lipinski definition) is 2. The fraction of sp³-hybridized carbons (Fsp3) is 0.533. The minimum atomic E-state index is -0.357. The van der Waals surface area contributed by atoms with E-state index < -0.39 is 0 Å². The molecule has 1 amide bonds. The number of nitrogens with two attached hydrogens (primary N) is 1. The summed E-state index contributed by atoms with van der Waals surface area (Å²) in [5.41, 5.74) is 6.71. The second kappa shape index (κ2) is 8.18. The standard InChI is InChI=1S/C15H24N2O.ClH/c1-4-12(13-8-6-5-7-9-13)10-14(18)17-11-15(2,3)16;/h5-9,12H,4,10-11,16H2,1-3H3,(H,17,18);1H.